The van der Waals surface area contributed by atoms with E-state index in [0.717, 1.165) is 40.6 Å². The van der Waals surface area contributed by atoms with E-state index in [1.807, 2.05) is 41.1 Å². The van der Waals surface area contributed by atoms with Crippen LogP contribution in [-0.2, 0) is 13.1 Å². The summed E-state index contributed by atoms with van der Waals surface area (Å²) in [5, 5.41) is 4.86. The summed E-state index contributed by atoms with van der Waals surface area (Å²) in [5.41, 5.74) is 4.36. The molecule has 1 heterocycles. The van der Waals surface area contributed by atoms with Crippen LogP contribution in [0.2, 0.25) is 0 Å². The molecular weight excluding hydrogens is 400 g/mol. The van der Waals surface area contributed by atoms with E-state index in [2.05, 4.69) is 55.4 Å². The lowest BCUT2D eigenvalue weighted by atomic mass is 10.1. The molecule has 0 unspecified atom stereocenters. The quantitative estimate of drug-likeness (QED) is 0.406. The van der Waals surface area contributed by atoms with Crippen molar-refractivity contribution < 1.29 is 9.47 Å². The smallest absolute Gasteiger partial charge is 0.181 e. The van der Waals surface area contributed by atoms with Gasteiger partial charge in [-0.1, -0.05) is 30.3 Å². The molecule has 0 saturated carbocycles. The monoisotopic (exact) mass is 428 g/mol. The lowest BCUT2D eigenvalue weighted by molar-refractivity contribution is 0.402. The molecule has 0 aliphatic rings. The number of methoxy groups -OCH3 is 2. The Kier molecular flexibility index (Phi) is 6.52. The summed E-state index contributed by atoms with van der Waals surface area (Å²) in [6.45, 7) is 1.48. The van der Waals surface area contributed by atoms with Gasteiger partial charge in [-0.2, -0.15) is 5.10 Å². The van der Waals surface area contributed by atoms with Crippen molar-refractivity contribution in [2.45, 2.75) is 13.1 Å². The van der Waals surface area contributed by atoms with Crippen molar-refractivity contribution in [2.24, 2.45) is 0 Å². The number of hydrogen-bond donors (Lipinski definition) is 0. The zero-order valence-electron chi connectivity index (χ0n) is 18.9. The summed E-state index contributed by atoms with van der Waals surface area (Å²) in [6, 6.07) is 24.4. The fraction of sp³-hybridized carbons (Fsp3) is 0.231. The number of aromatic nitrogens is 3. The number of ether oxygens (including phenoxy) is 2. The van der Waals surface area contributed by atoms with Crippen molar-refractivity contribution in [3.05, 3.63) is 83.9 Å². The third-order valence-corrected chi connectivity index (χ3v) is 5.20. The number of benzene rings is 3. The third-order valence-electron chi connectivity index (χ3n) is 5.20. The van der Waals surface area contributed by atoms with Crippen molar-refractivity contribution in [1.82, 2.24) is 19.7 Å². The van der Waals surface area contributed by atoms with Crippen LogP contribution < -0.4 is 9.47 Å². The second kappa shape index (κ2) is 9.66. The molecule has 164 valence electrons. The van der Waals surface area contributed by atoms with E-state index >= 15 is 0 Å². The topological polar surface area (TPSA) is 52.4 Å². The van der Waals surface area contributed by atoms with Gasteiger partial charge in [-0.15, -0.1) is 0 Å². The standard InChI is InChI=1S/C26H28N4O2/c1-29(2)17-20-6-5-7-22(16-20)26-27-25(21-10-14-24(32-4)15-11-21)28-30(26)18-19-8-12-23(31-3)13-9-19/h5-16H,17-18H2,1-4H3. The van der Waals surface area contributed by atoms with Crippen molar-refractivity contribution in [3.8, 4) is 34.3 Å². The molecule has 0 radical (unpaired) electrons. The maximum atomic E-state index is 5.29. The average Bonchev–Trinajstić information content (AvgIpc) is 3.23. The lowest BCUT2D eigenvalue weighted by Gasteiger charge is -2.11. The Hall–Kier alpha value is -3.64. The van der Waals surface area contributed by atoms with Gasteiger partial charge in [-0.25, -0.2) is 9.67 Å². The van der Waals surface area contributed by atoms with Crippen LogP contribution in [0, 0.1) is 0 Å². The predicted octanol–water partition coefficient (Wildman–Crippen LogP) is 4.74. The van der Waals surface area contributed by atoms with Crippen molar-refractivity contribution in [3.63, 3.8) is 0 Å². The van der Waals surface area contributed by atoms with Crippen molar-refractivity contribution in [2.75, 3.05) is 28.3 Å². The van der Waals surface area contributed by atoms with Gasteiger partial charge in [0.2, 0.25) is 0 Å². The van der Waals surface area contributed by atoms with Gasteiger partial charge < -0.3 is 14.4 Å². The molecule has 0 atom stereocenters. The van der Waals surface area contributed by atoms with E-state index in [-0.39, 0.29) is 0 Å². The summed E-state index contributed by atoms with van der Waals surface area (Å²) in [7, 11) is 7.48. The first kappa shape index (κ1) is 21.6. The minimum absolute atomic E-state index is 0.611. The Morgan fingerprint density at radius 2 is 1.44 bits per heavy atom. The normalized spacial score (nSPS) is 11.0. The predicted molar refractivity (Wildman–Crippen MR) is 127 cm³/mol. The molecule has 0 aliphatic heterocycles. The van der Waals surface area contributed by atoms with Crippen LogP contribution in [0.3, 0.4) is 0 Å². The number of nitrogens with zero attached hydrogens (tertiary/aromatic N) is 4. The van der Waals surface area contributed by atoms with Crippen LogP contribution in [0.1, 0.15) is 11.1 Å². The van der Waals surface area contributed by atoms with Gasteiger partial charge in [0.1, 0.15) is 11.5 Å². The molecule has 0 amide bonds. The first-order valence-electron chi connectivity index (χ1n) is 10.5. The number of hydrogen-bond acceptors (Lipinski definition) is 5. The van der Waals surface area contributed by atoms with Gasteiger partial charge in [0.05, 0.1) is 20.8 Å². The Balaban J connectivity index is 1.74. The summed E-state index contributed by atoms with van der Waals surface area (Å²) in [4.78, 5) is 7.09. The van der Waals surface area contributed by atoms with E-state index in [1.54, 1.807) is 14.2 Å². The molecule has 32 heavy (non-hydrogen) atoms. The second-order valence-corrected chi connectivity index (χ2v) is 7.93. The molecule has 4 rings (SSSR count). The summed E-state index contributed by atoms with van der Waals surface area (Å²) in [6.07, 6.45) is 0. The fourth-order valence-electron chi connectivity index (χ4n) is 3.61. The molecule has 1 aromatic heterocycles. The van der Waals surface area contributed by atoms with Gasteiger partial charge in [0.15, 0.2) is 11.6 Å². The molecule has 0 spiro atoms. The zero-order valence-corrected chi connectivity index (χ0v) is 18.9. The number of rotatable bonds is 8. The first-order valence-corrected chi connectivity index (χ1v) is 10.5. The molecular formula is C26H28N4O2. The Labute approximate surface area is 189 Å². The van der Waals surface area contributed by atoms with Crippen molar-refractivity contribution in [1.29, 1.82) is 0 Å². The molecule has 6 heteroatoms. The maximum Gasteiger partial charge on any atom is 0.181 e. The average molecular weight is 429 g/mol. The van der Waals surface area contributed by atoms with Gasteiger partial charge in [-0.3, -0.25) is 0 Å². The molecule has 0 bridgehead atoms. The van der Waals surface area contributed by atoms with Crippen LogP contribution in [-0.4, -0.2) is 48.0 Å². The van der Waals surface area contributed by atoms with Gasteiger partial charge >= 0.3 is 0 Å². The zero-order chi connectivity index (χ0) is 22.5. The minimum Gasteiger partial charge on any atom is -0.497 e. The van der Waals surface area contributed by atoms with E-state index < -0.39 is 0 Å². The largest absolute Gasteiger partial charge is 0.497 e. The third kappa shape index (κ3) is 4.98. The molecule has 3 aromatic carbocycles. The lowest BCUT2D eigenvalue weighted by Crippen LogP contribution is -2.10. The summed E-state index contributed by atoms with van der Waals surface area (Å²) < 4.78 is 12.5. The highest BCUT2D eigenvalue weighted by Crippen LogP contribution is 2.26. The van der Waals surface area contributed by atoms with Crippen LogP contribution in [0.4, 0.5) is 0 Å². The van der Waals surface area contributed by atoms with E-state index in [1.165, 1.54) is 5.56 Å². The fourth-order valence-corrected chi connectivity index (χ4v) is 3.61. The maximum absolute atomic E-state index is 5.29. The summed E-state index contributed by atoms with van der Waals surface area (Å²) >= 11 is 0. The molecule has 6 nitrogen and oxygen atoms in total. The molecule has 0 N–H and O–H groups in total. The Morgan fingerprint density at radius 1 is 0.781 bits per heavy atom. The minimum atomic E-state index is 0.611. The molecule has 0 aliphatic carbocycles. The Bertz CT molecular complexity index is 1170. The Morgan fingerprint density at radius 3 is 2.06 bits per heavy atom. The first-order chi connectivity index (χ1) is 15.6. The van der Waals surface area contributed by atoms with Gasteiger partial charge in [0.25, 0.3) is 0 Å². The second-order valence-electron chi connectivity index (χ2n) is 7.93. The highest BCUT2D eigenvalue weighted by Gasteiger charge is 2.15. The molecule has 0 fully saturated rings. The van der Waals surface area contributed by atoms with Crippen LogP contribution >= 0.6 is 0 Å². The van der Waals surface area contributed by atoms with E-state index in [0.29, 0.717) is 12.4 Å². The highest BCUT2D eigenvalue weighted by molar-refractivity contribution is 5.63. The summed E-state index contributed by atoms with van der Waals surface area (Å²) in [5.74, 6) is 3.17. The molecule has 0 saturated heterocycles. The van der Waals surface area contributed by atoms with E-state index in [4.69, 9.17) is 19.6 Å². The van der Waals surface area contributed by atoms with Crippen LogP contribution in [0.5, 0.6) is 11.5 Å². The SMILES string of the molecule is COc1ccc(Cn2nc(-c3ccc(OC)cc3)nc2-c2cccc(CN(C)C)c2)cc1. The van der Waals surface area contributed by atoms with Gasteiger partial charge in [0, 0.05) is 17.7 Å². The van der Waals surface area contributed by atoms with Crippen molar-refractivity contribution >= 4 is 0 Å². The highest BCUT2D eigenvalue weighted by atomic mass is 16.5. The van der Waals surface area contributed by atoms with E-state index in [9.17, 15) is 0 Å². The van der Waals surface area contributed by atoms with Gasteiger partial charge in [-0.05, 0) is 67.7 Å². The molecule has 4 aromatic rings. The van der Waals surface area contributed by atoms with Crippen LogP contribution in [0.25, 0.3) is 22.8 Å². The van der Waals surface area contributed by atoms with Crippen LogP contribution in [0.15, 0.2) is 72.8 Å².